The van der Waals surface area contributed by atoms with Gasteiger partial charge in [0.25, 0.3) is 5.91 Å². The van der Waals surface area contributed by atoms with Crippen LogP contribution in [0.25, 0.3) is 0 Å². The lowest BCUT2D eigenvalue weighted by Crippen LogP contribution is -2.34. The number of aliphatic hydroxyl groups excluding tert-OH is 2. The molecule has 0 fully saturated rings. The van der Waals surface area contributed by atoms with E-state index in [1.54, 1.807) is 4.90 Å². The number of sulfonamides is 1. The van der Waals surface area contributed by atoms with Gasteiger partial charge in [0.2, 0.25) is 10.0 Å². The molecule has 0 radical (unpaired) electrons. The molecule has 1 aliphatic carbocycles. The van der Waals surface area contributed by atoms with Crippen molar-refractivity contribution in [3.05, 3.63) is 113 Å². The Hall–Kier alpha value is -3.63. The van der Waals surface area contributed by atoms with Crippen LogP contribution in [0.15, 0.2) is 101 Å². The van der Waals surface area contributed by atoms with E-state index >= 15 is 0 Å². The smallest absolute Gasteiger partial charge is 0.253 e. The number of rotatable bonds is 13. The predicted molar refractivity (Wildman–Crippen MR) is 165 cm³/mol. The summed E-state index contributed by atoms with van der Waals surface area (Å²) in [6.45, 7) is 8.90. The molecule has 4 rings (SSSR count). The number of hydrogen-bond donors (Lipinski definition) is 3. The van der Waals surface area contributed by atoms with Crippen LogP contribution < -0.4 is 4.72 Å². The van der Waals surface area contributed by atoms with E-state index in [9.17, 15) is 23.4 Å². The number of nitrogens with one attached hydrogen (secondary N) is 1. The molecule has 42 heavy (non-hydrogen) atoms. The molecule has 0 unspecified atom stereocenters. The Kier molecular flexibility index (Phi) is 10.5. The lowest BCUT2D eigenvalue weighted by molar-refractivity contribution is 0.0773. The first kappa shape index (κ1) is 31.3. The van der Waals surface area contributed by atoms with Gasteiger partial charge in [-0.25, -0.2) is 13.1 Å². The van der Waals surface area contributed by atoms with Crippen molar-refractivity contribution in [1.82, 2.24) is 9.62 Å². The molecule has 0 aliphatic heterocycles. The molecule has 0 aromatic heterocycles. The number of aliphatic imine (C=N–C) groups is 1. The summed E-state index contributed by atoms with van der Waals surface area (Å²) in [4.78, 5) is 19.0. The first-order valence-electron chi connectivity index (χ1n) is 14.3. The summed E-state index contributed by atoms with van der Waals surface area (Å²) in [6.07, 6.45) is -0.514. The summed E-state index contributed by atoms with van der Waals surface area (Å²) in [7, 11) is -3.92. The maximum absolute atomic E-state index is 13.0. The average Bonchev–Trinajstić information content (AvgIpc) is 3.31. The summed E-state index contributed by atoms with van der Waals surface area (Å²) in [5.41, 5.74) is 4.44. The van der Waals surface area contributed by atoms with Crippen LogP contribution >= 0.6 is 0 Å². The van der Waals surface area contributed by atoms with Crippen LogP contribution in [-0.4, -0.2) is 67.0 Å². The van der Waals surface area contributed by atoms with Crippen molar-refractivity contribution in [1.29, 1.82) is 0 Å². The zero-order valence-electron chi connectivity index (χ0n) is 24.1. The van der Waals surface area contributed by atoms with Crippen molar-refractivity contribution < 1.29 is 23.4 Å². The number of nitrogens with zero attached hydrogens (tertiary/aromatic N) is 2. The van der Waals surface area contributed by atoms with Gasteiger partial charge < -0.3 is 15.1 Å². The number of fused-ring (bicyclic) bond motifs is 1. The highest BCUT2D eigenvalue weighted by atomic mass is 32.2. The van der Waals surface area contributed by atoms with Crippen molar-refractivity contribution in [2.24, 2.45) is 10.9 Å². The Bertz CT molecular complexity index is 1520. The summed E-state index contributed by atoms with van der Waals surface area (Å²) >= 11 is 0. The second-order valence-electron chi connectivity index (χ2n) is 10.5. The minimum atomic E-state index is -3.92. The summed E-state index contributed by atoms with van der Waals surface area (Å²) < 4.78 is 28.4. The van der Waals surface area contributed by atoms with E-state index in [1.165, 1.54) is 24.3 Å². The Morgan fingerprint density at radius 1 is 1.02 bits per heavy atom. The highest BCUT2D eigenvalue weighted by molar-refractivity contribution is 7.89. The fourth-order valence-electron chi connectivity index (χ4n) is 5.22. The topological polar surface area (TPSA) is 119 Å². The van der Waals surface area contributed by atoms with Crippen LogP contribution in [0.5, 0.6) is 0 Å². The van der Waals surface area contributed by atoms with Crippen molar-refractivity contribution in [3.8, 4) is 0 Å². The van der Waals surface area contributed by atoms with Gasteiger partial charge in [-0.05, 0) is 62.1 Å². The van der Waals surface area contributed by atoms with E-state index in [-0.39, 0.29) is 29.7 Å². The molecule has 0 saturated heterocycles. The molecule has 3 aromatic carbocycles. The van der Waals surface area contributed by atoms with E-state index in [4.69, 9.17) is 4.99 Å². The number of carbonyl (C=O) groups is 1. The van der Waals surface area contributed by atoms with Gasteiger partial charge >= 0.3 is 0 Å². The molecule has 3 N–H and O–H groups in total. The number of allylic oxidation sites excluding steroid dienone is 1. The van der Waals surface area contributed by atoms with E-state index in [1.807, 2.05) is 68.4 Å². The van der Waals surface area contributed by atoms with Gasteiger partial charge in [0.15, 0.2) is 0 Å². The summed E-state index contributed by atoms with van der Waals surface area (Å²) in [5, 5.41) is 21.6. The normalized spacial score (nSPS) is 17.0. The maximum Gasteiger partial charge on any atom is 0.253 e. The standard InChI is InChI=1S/C33H39N3O5S/c1-4-36(5-2)33(39)25-15-17-29(18-16-25)42(40,41)34-22-28(37)20-27(19-24-11-7-6-8-12-24)23(3)35-32-30-14-10-9-13-26(30)21-31(32)38/h6-18,27-28,31,34,37-38H,3-5,19-22H2,1-2H3/t27-,28+,31-/m1/s1. The van der Waals surface area contributed by atoms with Crippen LogP contribution in [0.3, 0.4) is 0 Å². The van der Waals surface area contributed by atoms with Crippen molar-refractivity contribution >= 4 is 21.6 Å². The van der Waals surface area contributed by atoms with E-state index < -0.39 is 22.2 Å². The maximum atomic E-state index is 13.0. The SMILES string of the molecule is C=C(N=C1c2ccccc2C[C@H]1O)[C@H](Cc1ccccc1)C[C@H](O)CNS(=O)(=O)c1ccc(C(=O)N(CC)CC)cc1. The molecule has 3 atom stereocenters. The van der Waals surface area contributed by atoms with E-state index in [0.29, 0.717) is 42.9 Å². The summed E-state index contributed by atoms with van der Waals surface area (Å²) in [6, 6.07) is 23.3. The number of aliphatic hydroxyl groups is 2. The lowest BCUT2D eigenvalue weighted by atomic mass is 9.91. The van der Waals surface area contributed by atoms with E-state index in [0.717, 1.165) is 16.7 Å². The largest absolute Gasteiger partial charge is 0.392 e. The van der Waals surface area contributed by atoms with Gasteiger partial charge in [-0.1, -0.05) is 61.2 Å². The van der Waals surface area contributed by atoms with Gasteiger partial charge in [-0.3, -0.25) is 9.79 Å². The first-order chi connectivity index (χ1) is 20.1. The number of carbonyl (C=O) groups excluding carboxylic acids is 1. The molecular weight excluding hydrogens is 550 g/mol. The Morgan fingerprint density at radius 2 is 1.67 bits per heavy atom. The predicted octanol–water partition coefficient (Wildman–Crippen LogP) is 3.98. The van der Waals surface area contributed by atoms with Crippen molar-refractivity contribution in [2.75, 3.05) is 19.6 Å². The number of hydrogen-bond acceptors (Lipinski definition) is 6. The first-order valence-corrected chi connectivity index (χ1v) is 15.8. The minimum absolute atomic E-state index is 0.0105. The van der Waals surface area contributed by atoms with Gasteiger partial charge in [0, 0.05) is 48.8 Å². The highest BCUT2D eigenvalue weighted by Gasteiger charge is 2.28. The molecule has 3 aromatic rings. The number of benzene rings is 3. The fourth-order valence-corrected chi connectivity index (χ4v) is 6.29. The molecule has 1 amide bonds. The Morgan fingerprint density at radius 3 is 2.33 bits per heavy atom. The van der Waals surface area contributed by atoms with Gasteiger partial charge in [-0.2, -0.15) is 0 Å². The van der Waals surface area contributed by atoms with Crippen LogP contribution in [-0.2, 0) is 22.9 Å². The van der Waals surface area contributed by atoms with Crippen molar-refractivity contribution in [3.63, 3.8) is 0 Å². The van der Waals surface area contributed by atoms with Gasteiger partial charge in [0.1, 0.15) is 6.10 Å². The molecule has 0 bridgehead atoms. The molecule has 1 aliphatic rings. The summed E-state index contributed by atoms with van der Waals surface area (Å²) in [5.74, 6) is -0.459. The fraction of sp³-hybridized carbons (Fsp3) is 0.333. The lowest BCUT2D eigenvalue weighted by Gasteiger charge is -2.22. The second kappa shape index (κ2) is 14.0. The van der Waals surface area contributed by atoms with Crippen LogP contribution in [0, 0.1) is 5.92 Å². The molecule has 9 heteroatoms. The third-order valence-electron chi connectivity index (χ3n) is 7.61. The monoisotopic (exact) mass is 589 g/mol. The third kappa shape index (κ3) is 7.60. The quantitative estimate of drug-likeness (QED) is 0.279. The second-order valence-corrected chi connectivity index (χ2v) is 12.3. The highest BCUT2D eigenvalue weighted by Crippen LogP contribution is 2.28. The third-order valence-corrected chi connectivity index (χ3v) is 9.05. The minimum Gasteiger partial charge on any atom is -0.392 e. The van der Waals surface area contributed by atoms with Crippen LogP contribution in [0.4, 0.5) is 0 Å². The van der Waals surface area contributed by atoms with E-state index in [2.05, 4.69) is 11.3 Å². The van der Waals surface area contributed by atoms with Crippen molar-refractivity contribution in [2.45, 2.75) is 50.2 Å². The zero-order chi connectivity index (χ0) is 30.3. The number of amides is 1. The average molecular weight is 590 g/mol. The van der Waals surface area contributed by atoms with Crippen LogP contribution in [0.1, 0.15) is 47.3 Å². The van der Waals surface area contributed by atoms with Gasteiger partial charge in [0.05, 0.1) is 16.7 Å². The molecule has 0 saturated carbocycles. The molecule has 8 nitrogen and oxygen atoms in total. The molecule has 0 heterocycles. The zero-order valence-corrected chi connectivity index (χ0v) is 24.9. The molecule has 0 spiro atoms. The van der Waals surface area contributed by atoms with Crippen LogP contribution in [0.2, 0.25) is 0 Å². The molecular formula is C33H39N3O5S. The van der Waals surface area contributed by atoms with Gasteiger partial charge in [-0.15, -0.1) is 0 Å². The Labute approximate surface area is 248 Å². The molecule has 222 valence electrons. The Balaban J connectivity index is 1.45.